The van der Waals surface area contributed by atoms with E-state index in [1.165, 1.54) is 17.8 Å². The van der Waals surface area contributed by atoms with E-state index in [-0.39, 0.29) is 11.8 Å². The molecule has 160 valence electrons. The normalized spacial score (nSPS) is 20.8. The highest BCUT2D eigenvalue weighted by Gasteiger charge is 2.34. The number of likely N-dealkylation sites (N-methyl/N-ethyl adjacent to an activating group) is 1. The van der Waals surface area contributed by atoms with E-state index in [9.17, 15) is 18.0 Å². The third kappa shape index (κ3) is 4.31. The molecule has 2 aliphatic heterocycles. The monoisotopic (exact) mass is 417 g/mol. The largest absolute Gasteiger partial charge is 0.416 e. The number of piperazine rings is 1. The molecule has 0 spiro atoms. The number of hydrogen-bond acceptors (Lipinski definition) is 3. The van der Waals surface area contributed by atoms with Gasteiger partial charge in [0.05, 0.1) is 5.56 Å². The van der Waals surface area contributed by atoms with Gasteiger partial charge in [0.2, 0.25) is 5.91 Å². The first kappa shape index (κ1) is 20.7. The summed E-state index contributed by atoms with van der Waals surface area (Å²) in [5, 5.41) is 0. The van der Waals surface area contributed by atoms with Gasteiger partial charge in [-0.25, -0.2) is 0 Å². The van der Waals surface area contributed by atoms with E-state index in [1.54, 1.807) is 4.90 Å². The molecular formula is C23H26F3N3O. The molecule has 4 rings (SSSR count). The van der Waals surface area contributed by atoms with Crippen LogP contribution in [0.3, 0.4) is 0 Å². The van der Waals surface area contributed by atoms with E-state index in [1.807, 2.05) is 12.1 Å². The number of halogens is 3. The minimum Gasteiger partial charge on any atom is -0.369 e. The second-order valence-electron chi connectivity index (χ2n) is 8.14. The number of carbonyl (C=O) groups excluding carboxylic acids is 1. The fourth-order valence-corrected chi connectivity index (χ4v) is 4.32. The minimum absolute atomic E-state index is 0.0112. The van der Waals surface area contributed by atoms with Gasteiger partial charge in [0.15, 0.2) is 0 Å². The van der Waals surface area contributed by atoms with Crippen LogP contribution in [0, 0.1) is 5.92 Å². The zero-order valence-corrected chi connectivity index (χ0v) is 17.0. The highest BCUT2D eigenvalue weighted by atomic mass is 19.4. The summed E-state index contributed by atoms with van der Waals surface area (Å²) < 4.78 is 38.4. The molecule has 4 nitrogen and oxygen atoms in total. The molecule has 0 N–H and O–H groups in total. The lowest BCUT2D eigenvalue weighted by Gasteiger charge is -2.35. The van der Waals surface area contributed by atoms with Crippen LogP contribution in [-0.4, -0.2) is 50.6 Å². The van der Waals surface area contributed by atoms with Gasteiger partial charge >= 0.3 is 6.18 Å². The fourth-order valence-electron chi connectivity index (χ4n) is 4.32. The van der Waals surface area contributed by atoms with Crippen molar-refractivity contribution in [2.75, 3.05) is 49.6 Å². The van der Waals surface area contributed by atoms with E-state index in [0.29, 0.717) is 25.1 Å². The lowest BCUT2D eigenvalue weighted by atomic mass is 9.96. The molecule has 2 aromatic carbocycles. The summed E-state index contributed by atoms with van der Waals surface area (Å²) >= 11 is 0. The zero-order chi connectivity index (χ0) is 21.3. The molecule has 1 amide bonds. The van der Waals surface area contributed by atoms with E-state index < -0.39 is 11.7 Å². The molecule has 30 heavy (non-hydrogen) atoms. The number of para-hydroxylation sites is 1. The molecule has 2 fully saturated rings. The Morgan fingerprint density at radius 1 is 0.933 bits per heavy atom. The predicted octanol–water partition coefficient (Wildman–Crippen LogP) is 4.05. The smallest absolute Gasteiger partial charge is 0.369 e. The van der Waals surface area contributed by atoms with Crippen molar-refractivity contribution in [1.29, 1.82) is 0 Å². The van der Waals surface area contributed by atoms with E-state index in [0.717, 1.165) is 43.9 Å². The molecule has 0 aliphatic carbocycles. The maximum Gasteiger partial charge on any atom is 0.416 e. The Balaban J connectivity index is 1.46. The number of nitrogens with zero attached hydrogens (tertiary/aromatic N) is 3. The van der Waals surface area contributed by atoms with E-state index in [4.69, 9.17) is 0 Å². The van der Waals surface area contributed by atoms with Crippen LogP contribution in [0.15, 0.2) is 48.5 Å². The van der Waals surface area contributed by atoms with Gasteiger partial charge in [-0.05, 0) is 55.8 Å². The van der Waals surface area contributed by atoms with Crippen molar-refractivity contribution < 1.29 is 18.0 Å². The Morgan fingerprint density at radius 2 is 1.60 bits per heavy atom. The van der Waals surface area contributed by atoms with Crippen LogP contribution in [0.2, 0.25) is 0 Å². The lowest BCUT2D eigenvalue weighted by molar-refractivity contribution is -0.137. The molecule has 2 saturated heterocycles. The fraction of sp³-hybridized carbons (Fsp3) is 0.435. The number of benzene rings is 2. The van der Waals surface area contributed by atoms with Crippen LogP contribution in [0.4, 0.5) is 24.5 Å². The van der Waals surface area contributed by atoms with Crippen molar-refractivity contribution in [2.24, 2.45) is 5.92 Å². The van der Waals surface area contributed by atoms with Gasteiger partial charge in [-0.1, -0.05) is 18.2 Å². The quantitative estimate of drug-likeness (QED) is 0.751. The Labute approximate surface area is 174 Å². The molecule has 0 aromatic heterocycles. The van der Waals surface area contributed by atoms with Gasteiger partial charge in [-0.3, -0.25) is 4.79 Å². The number of amides is 1. The van der Waals surface area contributed by atoms with Crippen molar-refractivity contribution in [2.45, 2.75) is 19.0 Å². The molecule has 0 unspecified atom stereocenters. The Morgan fingerprint density at radius 3 is 2.27 bits per heavy atom. The standard InChI is InChI=1S/C23H26F3N3O/c1-27-12-14-28(15-13-27)21-5-3-2-4-17(21)16-18-10-11-29(22(18)30)20-8-6-19(7-9-20)23(24,25)26/h2-9,18H,10-16H2,1H3/t18-/m0/s1. The van der Waals surface area contributed by atoms with Crippen molar-refractivity contribution >= 4 is 17.3 Å². The van der Waals surface area contributed by atoms with Crippen LogP contribution in [-0.2, 0) is 17.4 Å². The molecular weight excluding hydrogens is 391 g/mol. The minimum atomic E-state index is -4.37. The number of alkyl halides is 3. The predicted molar refractivity (Wildman–Crippen MR) is 112 cm³/mol. The third-order valence-corrected chi connectivity index (χ3v) is 6.12. The second-order valence-corrected chi connectivity index (χ2v) is 8.14. The van der Waals surface area contributed by atoms with Gasteiger partial charge in [0.1, 0.15) is 0 Å². The molecule has 0 radical (unpaired) electrons. The van der Waals surface area contributed by atoms with Crippen molar-refractivity contribution in [3.05, 3.63) is 59.7 Å². The van der Waals surface area contributed by atoms with Crippen molar-refractivity contribution in [1.82, 2.24) is 4.90 Å². The topological polar surface area (TPSA) is 26.8 Å². The summed E-state index contributed by atoms with van der Waals surface area (Å²) in [7, 11) is 2.12. The van der Waals surface area contributed by atoms with Crippen LogP contribution < -0.4 is 9.80 Å². The molecule has 2 heterocycles. The maximum absolute atomic E-state index is 13.0. The van der Waals surface area contributed by atoms with Crippen LogP contribution in [0.25, 0.3) is 0 Å². The maximum atomic E-state index is 13.0. The Kier molecular flexibility index (Phi) is 5.73. The summed E-state index contributed by atoms with van der Waals surface area (Å²) in [4.78, 5) is 19.3. The zero-order valence-electron chi connectivity index (χ0n) is 17.0. The van der Waals surface area contributed by atoms with Gasteiger partial charge in [0.25, 0.3) is 0 Å². The number of anilines is 2. The highest BCUT2D eigenvalue weighted by Crippen LogP contribution is 2.34. The van der Waals surface area contributed by atoms with Crippen molar-refractivity contribution in [3.63, 3.8) is 0 Å². The molecule has 1 atom stereocenters. The number of rotatable bonds is 4. The molecule has 2 aromatic rings. The molecule has 0 bridgehead atoms. The SMILES string of the molecule is CN1CCN(c2ccccc2C[C@@H]2CCN(c3ccc(C(F)(F)F)cc3)C2=O)CC1. The Bertz CT molecular complexity index is 889. The average Bonchev–Trinajstić information content (AvgIpc) is 3.09. The first-order valence-electron chi connectivity index (χ1n) is 10.3. The highest BCUT2D eigenvalue weighted by molar-refractivity contribution is 5.97. The first-order chi connectivity index (χ1) is 14.3. The summed E-state index contributed by atoms with van der Waals surface area (Å²) in [6.45, 7) is 4.48. The third-order valence-electron chi connectivity index (χ3n) is 6.12. The molecule has 2 aliphatic rings. The van der Waals surface area contributed by atoms with Gasteiger partial charge in [0, 0.05) is 50.0 Å². The summed E-state index contributed by atoms with van der Waals surface area (Å²) in [6, 6.07) is 13.1. The van der Waals surface area contributed by atoms with Crippen LogP contribution in [0.1, 0.15) is 17.5 Å². The van der Waals surface area contributed by atoms with Gasteiger partial charge < -0.3 is 14.7 Å². The van der Waals surface area contributed by atoms with Crippen LogP contribution >= 0.6 is 0 Å². The number of hydrogen-bond donors (Lipinski definition) is 0. The average molecular weight is 417 g/mol. The van der Waals surface area contributed by atoms with Crippen molar-refractivity contribution in [3.8, 4) is 0 Å². The van der Waals surface area contributed by atoms with Gasteiger partial charge in [-0.2, -0.15) is 13.2 Å². The van der Waals surface area contributed by atoms with Crippen LogP contribution in [0.5, 0.6) is 0 Å². The first-order valence-corrected chi connectivity index (χ1v) is 10.3. The molecule has 0 saturated carbocycles. The lowest BCUT2D eigenvalue weighted by Crippen LogP contribution is -2.44. The van der Waals surface area contributed by atoms with E-state index in [2.05, 4.69) is 29.0 Å². The Hall–Kier alpha value is -2.54. The molecule has 7 heteroatoms. The summed E-state index contributed by atoms with van der Waals surface area (Å²) in [6.07, 6.45) is -3.02. The van der Waals surface area contributed by atoms with E-state index >= 15 is 0 Å². The number of carbonyl (C=O) groups is 1. The second kappa shape index (κ2) is 8.30. The van der Waals surface area contributed by atoms with Gasteiger partial charge in [-0.15, -0.1) is 0 Å². The summed E-state index contributed by atoms with van der Waals surface area (Å²) in [5.74, 6) is -0.163. The summed E-state index contributed by atoms with van der Waals surface area (Å²) in [5.41, 5.74) is 2.18.